The normalized spacial score (nSPS) is 17.1. The molecule has 1 heterocycles. The predicted octanol–water partition coefficient (Wildman–Crippen LogP) is 5.25. The summed E-state index contributed by atoms with van der Waals surface area (Å²) in [5, 5.41) is 11.1. The molecular weight excluding hydrogens is 437 g/mol. The molecule has 1 fully saturated rings. The zero-order valence-corrected chi connectivity index (χ0v) is 18.8. The van der Waals surface area contributed by atoms with Gasteiger partial charge in [0.15, 0.2) is 0 Å². The van der Waals surface area contributed by atoms with E-state index >= 15 is 0 Å². The second kappa shape index (κ2) is 9.79. The number of aliphatic hydroxyl groups excluding tert-OH is 1. The Bertz CT molecular complexity index is 1230. The fourth-order valence-corrected chi connectivity index (χ4v) is 3.98. The summed E-state index contributed by atoms with van der Waals surface area (Å²) >= 11 is 0. The van der Waals surface area contributed by atoms with E-state index < -0.39 is 23.5 Å². The summed E-state index contributed by atoms with van der Waals surface area (Å²) in [6.07, 6.45) is 0. The zero-order chi connectivity index (χ0) is 24.2. The van der Waals surface area contributed by atoms with E-state index in [0.29, 0.717) is 36.0 Å². The summed E-state index contributed by atoms with van der Waals surface area (Å²) in [6, 6.07) is 18.0. The predicted molar refractivity (Wildman–Crippen MR) is 126 cm³/mol. The number of amides is 1. The van der Waals surface area contributed by atoms with Crippen molar-refractivity contribution in [3.05, 3.63) is 95.3 Å². The number of aliphatic hydroxyl groups is 1. The lowest BCUT2D eigenvalue weighted by atomic mass is 9.95. The summed E-state index contributed by atoms with van der Waals surface area (Å²) in [4.78, 5) is 27.8. The highest BCUT2D eigenvalue weighted by atomic mass is 19.1. The van der Waals surface area contributed by atoms with E-state index in [2.05, 4.69) is 0 Å². The second-order valence-electron chi connectivity index (χ2n) is 7.61. The molecule has 4 rings (SSSR count). The van der Waals surface area contributed by atoms with Crippen LogP contribution in [0, 0.1) is 5.82 Å². The quantitative estimate of drug-likeness (QED) is 0.296. The molecule has 0 aliphatic carbocycles. The Kier molecular flexibility index (Phi) is 6.63. The van der Waals surface area contributed by atoms with Crippen LogP contribution in [0.25, 0.3) is 5.76 Å². The summed E-state index contributed by atoms with van der Waals surface area (Å²) in [5.74, 6) is -1.28. The third-order valence-corrected chi connectivity index (χ3v) is 5.48. The third-order valence-electron chi connectivity index (χ3n) is 5.48. The van der Waals surface area contributed by atoms with Gasteiger partial charge in [-0.25, -0.2) is 4.39 Å². The van der Waals surface area contributed by atoms with Crippen LogP contribution in [-0.2, 0) is 9.59 Å². The first-order valence-electron chi connectivity index (χ1n) is 11.0. The largest absolute Gasteiger partial charge is 0.507 e. The maximum atomic E-state index is 13.4. The van der Waals surface area contributed by atoms with E-state index in [9.17, 15) is 19.1 Å². The fraction of sp³-hybridized carbons (Fsp3) is 0.185. The van der Waals surface area contributed by atoms with Gasteiger partial charge < -0.3 is 14.6 Å². The Morgan fingerprint density at radius 2 is 1.56 bits per heavy atom. The molecule has 0 radical (unpaired) electrons. The summed E-state index contributed by atoms with van der Waals surface area (Å²) in [5.41, 5.74) is 1.21. The molecule has 1 aliphatic rings. The van der Waals surface area contributed by atoms with Gasteiger partial charge in [0.2, 0.25) is 0 Å². The molecule has 174 valence electrons. The van der Waals surface area contributed by atoms with Crippen LogP contribution >= 0.6 is 0 Å². The van der Waals surface area contributed by atoms with Crippen LogP contribution in [0.15, 0.2) is 78.4 Å². The first-order valence-corrected chi connectivity index (χ1v) is 11.0. The summed E-state index contributed by atoms with van der Waals surface area (Å²) < 4.78 is 24.5. The van der Waals surface area contributed by atoms with Crippen LogP contribution in [0.2, 0.25) is 0 Å². The van der Waals surface area contributed by atoms with Gasteiger partial charge in [0.1, 0.15) is 23.1 Å². The number of hydrogen-bond acceptors (Lipinski definition) is 5. The molecule has 34 heavy (non-hydrogen) atoms. The van der Waals surface area contributed by atoms with Gasteiger partial charge in [-0.2, -0.15) is 0 Å². The standard InChI is InChI=1S/C27H24FNO5/c1-3-33-21-14-10-17(11-15-21)24-23(25(30)18-8-12-19(28)13-9-18)26(31)27(32)29(24)20-6-5-7-22(16-20)34-4-2/h5-16,24,30H,3-4H2,1-2H3/b25-23+. The highest BCUT2D eigenvalue weighted by molar-refractivity contribution is 6.51. The Morgan fingerprint density at radius 3 is 2.21 bits per heavy atom. The van der Waals surface area contributed by atoms with Crippen molar-refractivity contribution in [2.75, 3.05) is 18.1 Å². The van der Waals surface area contributed by atoms with Gasteiger partial charge in [-0.05, 0) is 67.9 Å². The molecule has 7 heteroatoms. The lowest BCUT2D eigenvalue weighted by Gasteiger charge is -2.26. The van der Waals surface area contributed by atoms with Crippen molar-refractivity contribution in [1.82, 2.24) is 0 Å². The van der Waals surface area contributed by atoms with Crippen molar-refractivity contribution >= 4 is 23.1 Å². The molecule has 6 nitrogen and oxygen atoms in total. The molecule has 0 aromatic heterocycles. The SMILES string of the molecule is CCOc1ccc(C2/C(=C(\O)c3ccc(F)cc3)C(=O)C(=O)N2c2cccc(OCC)c2)cc1. The van der Waals surface area contributed by atoms with E-state index in [4.69, 9.17) is 9.47 Å². The van der Waals surface area contributed by atoms with E-state index in [1.807, 2.05) is 13.8 Å². The molecular formula is C27H24FNO5. The van der Waals surface area contributed by atoms with Gasteiger partial charge in [0, 0.05) is 17.3 Å². The number of halogens is 1. The van der Waals surface area contributed by atoms with Gasteiger partial charge >= 0.3 is 0 Å². The average Bonchev–Trinajstić information content (AvgIpc) is 3.11. The average molecular weight is 461 g/mol. The molecule has 1 aliphatic heterocycles. The molecule has 0 bridgehead atoms. The molecule has 1 unspecified atom stereocenters. The van der Waals surface area contributed by atoms with Crippen LogP contribution in [0.5, 0.6) is 11.5 Å². The van der Waals surface area contributed by atoms with Gasteiger partial charge in [-0.3, -0.25) is 14.5 Å². The number of rotatable bonds is 7. The van der Waals surface area contributed by atoms with Crippen LogP contribution in [0.1, 0.15) is 31.0 Å². The number of benzene rings is 3. The molecule has 1 atom stereocenters. The van der Waals surface area contributed by atoms with E-state index in [-0.39, 0.29) is 16.9 Å². The highest BCUT2D eigenvalue weighted by Crippen LogP contribution is 2.43. The number of ether oxygens (including phenoxy) is 2. The molecule has 0 saturated carbocycles. The minimum atomic E-state index is -0.905. The van der Waals surface area contributed by atoms with Crippen molar-refractivity contribution in [2.24, 2.45) is 0 Å². The van der Waals surface area contributed by atoms with Crippen LogP contribution < -0.4 is 14.4 Å². The first-order chi connectivity index (χ1) is 16.4. The van der Waals surface area contributed by atoms with Gasteiger partial charge in [-0.15, -0.1) is 0 Å². The summed E-state index contributed by atoms with van der Waals surface area (Å²) in [6.45, 7) is 4.65. The molecule has 1 amide bonds. The number of Topliss-reactive ketones (excluding diaryl/α,β-unsaturated/α-hetero) is 1. The monoisotopic (exact) mass is 461 g/mol. The third kappa shape index (κ3) is 4.37. The number of carbonyl (C=O) groups excluding carboxylic acids is 2. The minimum absolute atomic E-state index is 0.0809. The lowest BCUT2D eigenvalue weighted by Crippen LogP contribution is -2.29. The number of nitrogens with zero attached hydrogens (tertiary/aromatic N) is 1. The van der Waals surface area contributed by atoms with Crippen molar-refractivity contribution in [1.29, 1.82) is 0 Å². The smallest absolute Gasteiger partial charge is 0.300 e. The molecule has 1 N–H and O–H groups in total. The summed E-state index contributed by atoms with van der Waals surface area (Å²) in [7, 11) is 0. The fourth-order valence-electron chi connectivity index (χ4n) is 3.98. The van der Waals surface area contributed by atoms with E-state index in [1.54, 1.807) is 48.5 Å². The van der Waals surface area contributed by atoms with Crippen molar-refractivity contribution in [2.45, 2.75) is 19.9 Å². The minimum Gasteiger partial charge on any atom is -0.507 e. The molecule has 0 spiro atoms. The Labute approximate surface area is 196 Å². The number of carbonyl (C=O) groups is 2. The van der Waals surface area contributed by atoms with Gasteiger partial charge in [0.05, 0.1) is 24.8 Å². The Balaban J connectivity index is 1.89. The number of hydrogen-bond donors (Lipinski definition) is 1. The lowest BCUT2D eigenvalue weighted by molar-refractivity contribution is -0.132. The number of ketones is 1. The van der Waals surface area contributed by atoms with Crippen LogP contribution in [0.3, 0.4) is 0 Å². The second-order valence-corrected chi connectivity index (χ2v) is 7.61. The highest BCUT2D eigenvalue weighted by Gasteiger charge is 2.47. The topological polar surface area (TPSA) is 76.1 Å². The van der Waals surface area contributed by atoms with Crippen LogP contribution in [-0.4, -0.2) is 30.0 Å². The van der Waals surface area contributed by atoms with E-state index in [1.165, 1.54) is 29.2 Å². The molecule has 1 saturated heterocycles. The van der Waals surface area contributed by atoms with Gasteiger partial charge in [-0.1, -0.05) is 18.2 Å². The molecule has 3 aromatic rings. The maximum Gasteiger partial charge on any atom is 0.300 e. The van der Waals surface area contributed by atoms with Crippen molar-refractivity contribution in [3.63, 3.8) is 0 Å². The van der Waals surface area contributed by atoms with Crippen molar-refractivity contribution < 1.29 is 28.6 Å². The number of anilines is 1. The van der Waals surface area contributed by atoms with Crippen molar-refractivity contribution in [3.8, 4) is 11.5 Å². The maximum absolute atomic E-state index is 13.4. The van der Waals surface area contributed by atoms with Crippen LogP contribution in [0.4, 0.5) is 10.1 Å². The Hall–Kier alpha value is -4.13. The van der Waals surface area contributed by atoms with Gasteiger partial charge in [0.25, 0.3) is 11.7 Å². The van der Waals surface area contributed by atoms with E-state index in [0.717, 1.165) is 0 Å². The zero-order valence-electron chi connectivity index (χ0n) is 18.8. The Morgan fingerprint density at radius 1 is 0.912 bits per heavy atom. The molecule has 3 aromatic carbocycles. The first kappa shape index (κ1) is 23.0.